The van der Waals surface area contributed by atoms with E-state index in [1.807, 2.05) is 13.0 Å². The minimum atomic E-state index is 0.0200. The Labute approximate surface area is 91.3 Å². The highest BCUT2D eigenvalue weighted by Crippen LogP contribution is 2.29. The molecule has 15 heavy (non-hydrogen) atoms. The number of allylic oxidation sites excluding steroid dienone is 2. The lowest BCUT2D eigenvalue weighted by molar-refractivity contribution is 0.302. The van der Waals surface area contributed by atoms with Crippen LogP contribution in [0.15, 0.2) is 22.7 Å². The molecule has 3 heteroatoms. The summed E-state index contributed by atoms with van der Waals surface area (Å²) >= 11 is 0. The molecule has 1 heterocycles. The van der Waals surface area contributed by atoms with E-state index in [0.717, 1.165) is 25.0 Å². The second-order valence-electron chi connectivity index (χ2n) is 4.46. The second-order valence-corrected chi connectivity index (χ2v) is 4.46. The quantitative estimate of drug-likeness (QED) is 0.596. The van der Waals surface area contributed by atoms with Gasteiger partial charge in [0.05, 0.1) is 0 Å². The molecule has 0 aliphatic carbocycles. The van der Waals surface area contributed by atoms with Crippen LogP contribution < -0.4 is 5.73 Å². The lowest BCUT2D eigenvalue weighted by Gasteiger charge is -2.20. The Kier molecular flexibility index (Phi) is 3.95. The Morgan fingerprint density at radius 2 is 2.27 bits per heavy atom. The standard InChI is InChI=1S/C12H20N2O/c1-4-5-6-7-8-12(2,3)10-9-11(13)14-15-10/h4-5,9H,6-8H2,1-3H3,(H2,13,14). The number of hydrogen-bond acceptors (Lipinski definition) is 3. The van der Waals surface area contributed by atoms with Crippen molar-refractivity contribution in [2.75, 3.05) is 5.73 Å². The van der Waals surface area contributed by atoms with Crippen LogP contribution in [0.5, 0.6) is 0 Å². The SMILES string of the molecule is CC=CCCCC(C)(C)c1cc(N)no1. The van der Waals surface area contributed by atoms with Crippen molar-refractivity contribution in [2.24, 2.45) is 0 Å². The molecule has 0 saturated carbocycles. The maximum atomic E-state index is 5.54. The van der Waals surface area contributed by atoms with Crippen molar-refractivity contribution in [3.05, 3.63) is 24.0 Å². The topological polar surface area (TPSA) is 52.0 Å². The van der Waals surface area contributed by atoms with Crippen LogP contribution in [0.25, 0.3) is 0 Å². The molecule has 0 aromatic carbocycles. The summed E-state index contributed by atoms with van der Waals surface area (Å²) < 4.78 is 5.19. The second kappa shape index (κ2) is 5.01. The van der Waals surface area contributed by atoms with Crippen molar-refractivity contribution in [1.29, 1.82) is 0 Å². The Morgan fingerprint density at radius 3 is 2.80 bits per heavy atom. The lowest BCUT2D eigenvalue weighted by atomic mass is 9.84. The molecule has 1 rings (SSSR count). The Hall–Kier alpha value is -1.25. The predicted octanol–water partition coefficient (Wildman–Crippen LogP) is 3.28. The van der Waals surface area contributed by atoms with Gasteiger partial charge in [0.1, 0.15) is 5.76 Å². The predicted molar refractivity (Wildman–Crippen MR) is 62.6 cm³/mol. The van der Waals surface area contributed by atoms with E-state index < -0.39 is 0 Å². The van der Waals surface area contributed by atoms with E-state index in [-0.39, 0.29) is 5.41 Å². The molecule has 0 saturated heterocycles. The van der Waals surface area contributed by atoms with Crippen molar-refractivity contribution >= 4 is 5.82 Å². The van der Waals surface area contributed by atoms with E-state index in [1.165, 1.54) is 0 Å². The molecule has 2 N–H and O–H groups in total. The summed E-state index contributed by atoms with van der Waals surface area (Å²) in [6.45, 7) is 6.35. The minimum absolute atomic E-state index is 0.0200. The summed E-state index contributed by atoms with van der Waals surface area (Å²) in [7, 11) is 0. The van der Waals surface area contributed by atoms with Gasteiger partial charge >= 0.3 is 0 Å². The van der Waals surface area contributed by atoms with Crippen LogP contribution >= 0.6 is 0 Å². The van der Waals surface area contributed by atoms with Crippen LogP contribution in [-0.4, -0.2) is 5.16 Å². The van der Waals surface area contributed by atoms with E-state index in [4.69, 9.17) is 10.3 Å². The molecule has 0 bridgehead atoms. The lowest BCUT2D eigenvalue weighted by Crippen LogP contribution is -2.15. The maximum absolute atomic E-state index is 5.54. The summed E-state index contributed by atoms with van der Waals surface area (Å²) in [5, 5.41) is 3.72. The van der Waals surface area contributed by atoms with Gasteiger partial charge in [0.25, 0.3) is 0 Å². The zero-order valence-corrected chi connectivity index (χ0v) is 9.79. The third-order valence-corrected chi connectivity index (χ3v) is 2.60. The van der Waals surface area contributed by atoms with E-state index in [2.05, 4.69) is 31.2 Å². The molecule has 0 unspecified atom stereocenters. The first-order chi connectivity index (χ1) is 7.06. The monoisotopic (exact) mass is 208 g/mol. The highest BCUT2D eigenvalue weighted by Gasteiger charge is 2.24. The summed E-state index contributed by atoms with van der Waals surface area (Å²) in [6, 6.07) is 1.82. The first kappa shape index (κ1) is 11.8. The summed E-state index contributed by atoms with van der Waals surface area (Å²) in [4.78, 5) is 0. The van der Waals surface area contributed by atoms with Crippen LogP contribution in [-0.2, 0) is 5.41 Å². The first-order valence-electron chi connectivity index (χ1n) is 5.40. The van der Waals surface area contributed by atoms with E-state index in [9.17, 15) is 0 Å². The number of nitrogen functional groups attached to an aromatic ring is 1. The first-order valence-corrected chi connectivity index (χ1v) is 5.40. The van der Waals surface area contributed by atoms with Crippen LogP contribution in [0.4, 0.5) is 5.82 Å². The molecule has 0 fully saturated rings. The van der Waals surface area contributed by atoms with Gasteiger partial charge < -0.3 is 10.3 Å². The third-order valence-electron chi connectivity index (χ3n) is 2.60. The maximum Gasteiger partial charge on any atom is 0.167 e. The van der Waals surface area contributed by atoms with Crippen LogP contribution in [0, 0.1) is 0 Å². The molecule has 1 aromatic rings. The Morgan fingerprint density at radius 1 is 1.53 bits per heavy atom. The van der Waals surface area contributed by atoms with Gasteiger partial charge in [-0.05, 0) is 26.2 Å². The molecule has 0 aliphatic heterocycles. The van der Waals surface area contributed by atoms with Crippen molar-refractivity contribution in [3.8, 4) is 0 Å². The number of nitrogens with zero attached hydrogens (tertiary/aromatic N) is 1. The average molecular weight is 208 g/mol. The van der Waals surface area contributed by atoms with Crippen LogP contribution in [0.1, 0.15) is 45.8 Å². The van der Waals surface area contributed by atoms with Gasteiger partial charge in [0.2, 0.25) is 0 Å². The van der Waals surface area contributed by atoms with Gasteiger partial charge in [-0.25, -0.2) is 0 Å². The number of rotatable bonds is 5. The summed E-state index contributed by atoms with van der Waals surface area (Å²) in [5.74, 6) is 1.34. The largest absolute Gasteiger partial charge is 0.381 e. The third kappa shape index (κ3) is 3.42. The highest BCUT2D eigenvalue weighted by atomic mass is 16.5. The number of nitrogens with two attached hydrogens (primary N) is 1. The van der Waals surface area contributed by atoms with Gasteiger partial charge in [-0.1, -0.05) is 31.2 Å². The number of hydrogen-bond donors (Lipinski definition) is 1. The fourth-order valence-corrected chi connectivity index (χ4v) is 1.56. The molecule has 0 radical (unpaired) electrons. The minimum Gasteiger partial charge on any atom is -0.381 e. The molecule has 0 spiro atoms. The van der Waals surface area contributed by atoms with E-state index >= 15 is 0 Å². The Bertz CT molecular complexity index is 326. The van der Waals surface area contributed by atoms with Crippen LogP contribution in [0.2, 0.25) is 0 Å². The average Bonchev–Trinajstić information content (AvgIpc) is 2.60. The molecule has 3 nitrogen and oxygen atoms in total. The summed E-state index contributed by atoms with van der Waals surface area (Å²) in [5.41, 5.74) is 5.56. The van der Waals surface area contributed by atoms with Crippen molar-refractivity contribution in [1.82, 2.24) is 5.16 Å². The molecule has 0 amide bonds. The molecule has 1 aromatic heterocycles. The van der Waals surface area contributed by atoms with Crippen molar-refractivity contribution in [3.63, 3.8) is 0 Å². The number of aromatic nitrogens is 1. The smallest absolute Gasteiger partial charge is 0.167 e. The number of anilines is 1. The zero-order chi connectivity index (χ0) is 11.3. The van der Waals surface area contributed by atoms with E-state index in [0.29, 0.717) is 5.82 Å². The zero-order valence-electron chi connectivity index (χ0n) is 9.79. The molecule has 84 valence electrons. The Balaban J connectivity index is 2.51. The van der Waals surface area contributed by atoms with Gasteiger partial charge in [0, 0.05) is 11.5 Å². The summed E-state index contributed by atoms with van der Waals surface area (Å²) in [6.07, 6.45) is 7.61. The van der Waals surface area contributed by atoms with Gasteiger partial charge in [0.15, 0.2) is 5.82 Å². The molecule has 0 aliphatic rings. The molecular weight excluding hydrogens is 188 g/mol. The highest BCUT2D eigenvalue weighted by molar-refractivity contribution is 5.29. The van der Waals surface area contributed by atoms with Crippen LogP contribution in [0.3, 0.4) is 0 Å². The van der Waals surface area contributed by atoms with Crippen molar-refractivity contribution < 1.29 is 4.52 Å². The molecular formula is C12H20N2O. The fraction of sp³-hybridized carbons (Fsp3) is 0.583. The van der Waals surface area contributed by atoms with Gasteiger partial charge in [-0.15, -0.1) is 0 Å². The number of unbranched alkanes of at least 4 members (excludes halogenated alkanes) is 1. The molecule has 0 atom stereocenters. The van der Waals surface area contributed by atoms with Gasteiger partial charge in [-0.2, -0.15) is 0 Å². The fourth-order valence-electron chi connectivity index (χ4n) is 1.56. The van der Waals surface area contributed by atoms with Gasteiger partial charge in [-0.3, -0.25) is 0 Å². The van der Waals surface area contributed by atoms with E-state index in [1.54, 1.807) is 0 Å². The normalized spacial score (nSPS) is 12.5. The van der Waals surface area contributed by atoms with Crippen molar-refractivity contribution in [2.45, 2.75) is 45.4 Å².